The van der Waals surface area contributed by atoms with Gasteiger partial charge in [0.05, 0.1) is 12.7 Å². The average molecular weight is 235 g/mol. The molecule has 2 aliphatic rings. The number of rotatable bonds is 0. The molecule has 0 radical (unpaired) electrons. The van der Waals surface area contributed by atoms with Gasteiger partial charge in [0.1, 0.15) is 12.0 Å². The van der Waals surface area contributed by atoms with Gasteiger partial charge in [-0.05, 0) is 19.3 Å². The predicted molar refractivity (Wildman–Crippen MR) is 72.6 cm³/mol. The van der Waals surface area contributed by atoms with Crippen LogP contribution in [0.25, 0.3) is 0 Å². The number of hydrogen-bond acceptors (Lipinski definition) is 1. The first-order valence-electron chi connectivity index (χ1n) is 7.55. The van der Waals surface area contributed by atoms with Crippen LogP contribution in [-0.2, 0) is 4.74 Å². The van der Waals surface area contributed by atoms with Crippen molar-refractivity contribution in [1.29, 1.82) is 0 Å². The van der Waals surface area contributed by atoms with Crippen LogP contribution in [0.2, 0.25) is 0 Å². The maximum Gasteiger partial charge on any atom is 0.120 e. The Balaban J connectivity index is 1.88. The maximum atomic E-state index is 6.09. The van der Waals surface area contributed by atoms with Gasteiger partial charge in [-0.1, -0.05) is 38.5 Å². The van der Waals surface area contributed by atoms with Crippen molar-refractivity contribution in [3.63, 3.8) is 0 Å². The lowest BCUT2D eigenvalue weighted by Gasteiger charge is -2.26. The highest BCUT2D eigenvalue weighted by Gasteiger charge is 2.23. The third-order valence-corrected chi connectivity index (χ3v) is 4.00. The summed E-state index contributed by atoms with van der Waals surface area (Å²) in [7, 11) is 0. The topological polar surface area (TPSA) is 9.23 Å². The van der Waals surface area contributed by atoms with Crippen LogP contribution in [-0.4, -0.2) is 6.10 Å². The number of fused-ring (bicyclic) bond motifs is 2. The molecule has 2 aliphatic heterocycles. The van der Waals surface area contributed by atoms with Gasteiger partial charge in [-0.15, -0.1) is 0 Å². The lowest BCUT2D eigenvalue weighted by molar-refractivity contribution is 0.0695. The fourth-order valence-electron chi connectivity index (χ4n) is 3.02. The van der Waals surface area contributed by atoms with E-state index in [2.05, 4.69) is 13.0 Å². The van der Waals surface area contributed by atoms with Crippen LogP contribution >= 0.6 is 0 Å². The van der Waals surface area contributed by atoms with Crippen molar-refractivity contribution in [2.45, 2.75) is 76.7 Å². The Morgan fingerprint density at radius 2 is 1.59 bits per heavy atom. The van der Waals surface area contributed by atoms with Crippen molar-refractivity contribution in [3.8, 4) is 0 Å². The lowest BCUT2D eigenvalue weighted by Crippen LogP contribution is -2.21. The van der Waals surface area contributed by atoms with Gasteiger partial charge in [-0.2, -0.15) is 0 Å². The molecule has 1 heteroatoms. The Hall–Kier alpha value is -0.590. The molecule has 96 valence electrons. The Kier molecular flexibility index (Phi) is 5.28. The fraction of sp³-hybridized carbons (Fsp3) is 0.812. The molecular formula is C16H27O+. The molecule has 0 aromatic rings. The standard InChI is InChI=1S/C16H27O/c1-14-12-15-10-8-6-4-2-3-5-7-9-11-16(13-14)17-15/h12,14,16H,1-11,13H2/q+1. The molecule has 2 atom stereocenters. The Labute approximate surface area is 107 Å². The summed E-state index contributed by atoms with van der Waals surface area (Å²) in [5.41, 5.74) is 0. The summed E-state index contributed by atoms with van der Waals surface area (Å²) in [5, 5.41) is 0. The van der Waals surface area contributed by atoms with Gasteiger partial charge >= 0.3 is 0 Å². The van der Waals surface area contributed by atoms with Crippen LogP contribution in [0.1, 0.15) is 70.6 Å². The second kappa shape index (κ2) is 6.98. The third-order valence-electron chi connectivity index (χ3n) is 4.00. The summed E-state index contributed by atoms with van der Waals surface area (Å²) in [5.74, 6) is 1.72. The maximum absolute atomic E-state index is 6.09. The molecule has 0 amide bonds. The van der Waals surface area contributed by atoms with Gasteiger partial charge in [0.2, 0.25) is 0 Å². The van der Waals surface area contributed by atoms with Gasteiger partial charge in [0.25, 0.3) is 0 Å². The van der Waals surface area contributed by atoms with Crippen molar-refractivity contribution < 1.29 is 4.74 Å². The predicted octanol–water partition coefficient (Wildman–Crippen LogP) is 5.02. The lowest BCUT2D eigenvalue weighted by atomic mass is 9.95. The molecule has 0 aliphatic carbocycles. The molecule has 2 bridgehead atoms. The second-order valence-corrected chi connectivity index (χ2v) is 5.74. The number of allylic oxidation sites excluding steroid dienone is 2. The summed E-state index contributed by atoms with van der Waals surface area (Å²) in [6.45, 7) is 4.21. The van der Waals surface area contributed by atoms with Gasteiger partial charge in [0.15, 0.2) is 0 Å². The van der Waals surface area contributed by atoms with E-state index >= 15 is 0 Å². The summed E-state index contributed by atoms with van der Waals surface area (Å²) >= 11 is 0. The molecule has 0 saturated carbocycles. The molecule has 0 aromatic heterocycles. The highest BCUT2D eigenvalue weighted by Crippen LogP contribution is 2.28. The van der Waals surface area contributed by atoms with Crippen molar-refractivity contribution in [1.82, 2.24) is 0 Å². The molecule has 2 unspecified atom stereocenters. The van der Waals surface area contributed by atoms with Crippen molar-refractivity contribution >= 4 is 0 Å². The normalized spacial score (nSPS) is 32.4. The molecule has 2 heterocycles. The van der Waals surface area contributed by atoms with Crippen LogP contribution in [0.5, 0.6) is 0 Å². The smallest absolute Gasteiger partial charge is 0.120 e. The SMILES string of the molecule is [CH2+]C1C=C2CCCCCCCCCCC(C1)O2. The van der Waals surface area contributed by atoms with E-state index in [1.807, 2.05) is 0 Å². The molecule has 17 heavy (non-hydrogen) atoms. The minimum absolute atomic E-state index is 0.457. The van der Waals surface area contributed by atoms with E-state index in [1.165, 1.54) is 63.5 Å². The third kappa shape index (κ3) is 4.65. The molecule has 2 rings (SSSR count). The Morgan fingerprint density at radius 1 is 0.941 bits per heavy atom. The van der Waals surface area contributed by atoms with Crippen LogP contribution in [0, 0.1) is 12.8 Å². The van der Waals surface area contributed by atoms with E-state index in [-0.39, 0.29) is 0 Å². The Bertz CT molecular complexity index is 244. The van der Waals surface area contributed by atoms with E-state index in [1.54, 1.807) is 0 Å². The minimum atomic E-state index is 0.457. The second-order valence-electron chi connectivity index (χ2n) is 5.74. The van der Waals surface area contributed by atoms with Crippen molar-refractivity contribution in [3.05, 3.63) is 18.8 Å². The minimum Gasteiger partial charge on any atom is -0.495 e. The summed E-state index contributed by atoms with van der Waals surface area (Å²) in [6, 6.07) is 0. The van der Waals surface area contributed by atoms with Crippen LogP contribution in [0.15, 0.2) is 11.8 Å². The molecule has 1 nitrogen and oxygen atoms in total. The zero-order valence-corrected chi connectivity index (χ0v) is 11.1. The van der Waals surface area contributed by atoms with Gasteiger partial charge in [-0.3, -0.25) is 0 Å². The van der Waals surface area contributed by atoms with E-state index in [0.717, 1.165) is 12.8 Å². The molecule has 0 N–H and O–H groups in total. The van der Waals surface area contributed by atoms with E-state index in [9.17, 15) is 0 Å². The molecule has 0 aromatic carbocycles. The van der Waals surface area contributed by atoms with Crippen molar-refractivity contribution in [2.24, 2.45) is 5.92 Å². The molecular weight excluding hydrogens is 208 g/mol. The highest BCUT2D eigenvalue weighted by molar-refractivity contribution is 5.03. The summed E-state index contributed by atoms with van der Waals surface area (Å²) < 4.78 is 6.09. The van der Waals surface area contributed by atoms with Crippen LogP contribution in [0.3, 0.4) is 0 Å². The first-order valence-corrected chi connectivity index (χ1v) is 7.55. The first-order chi connectivity index (χ1) is 8.34. The average Bonchev–Trinajstić information content (AvgIpc) is 2.31. The monoisotopic (exact) mass is 235 g/mol. The Morgan fingerprint density at radius 3 is 2.35 bits per heavy atom. The fourth-order valence-corrected chi connectivity index (χ4v) is 3.02. The highest BCUT2D eigenvalue weighted by atomic mass is 16.5. The number of hydrogen-bond donors (Lipinski definition) is 0. The first kappa shape index (κ1) is 12.9. The number of ether oxygens (including phenoxy) is 1. The molecule has 1 saturated heterocycles. The quantitative estimate of drug-likeness (QED) is 0.535. The zero-order valence-electron chi connectivity index (χ0n) is 11.1. The van der Waals surface area contributed by atoms with Gasteiger partial charge in [0, 0.05) is 18.9 Å². The van der Waals surface area contributed by atoms with Gasteiger partial charge in [-0.25, -0.2) is 0 Å². The van der Waals surface area contributed by atoms with Crippen LogP contribution in [0.4, 0.5) is 0 Å². The van der Waals surface area contributed by atoms with Crippen molar-refractivity contribution in [2.75, 3.05) is 0 Å². The zero-order chi connectivity index (χ0) is 11.9. The van der Waals surface area contributed by atoms with E-state index in [4.69, 9.17) is 4.74 Å². The van der Waals surface area contributed by atoms with E-state index < -0.39 is 0 Å². The van der Waals surface area contributed by atoms with Crippen LogP contribution < -0.4 is 0 Å². The van der Waals surface area contributed by atoms with E-state index in [0.29, 0.717) is 12.0 Å². The summed E-state index contributed by atoms with van der Waals surface area (Å²) in [6.07, 6.45) is 17.3. The largest absolute Gasteiger partial charge is 0.495 e. The molecule has 0 spiro atoms. The molecule has 1 fully saturated rings. The van der Waals surface area contributed by atoms with Gasteiger partial charge < -0.3 is 4.74 Å². The summed E-state index contributed by atoms with van der Waals surface area (Å²) in [4.78, 5) is 0.